The van der Waals surface area contributed by atoms with Crippen LogP contribution in [0.4, 0.5) is 0 Å². The Hall–Kier alpha value is -0.610. The van der Waals surface area contributed by atoms with Crippen LogP contribution in [0.2, 0.25) is 0 Å². The second kappa shape index (κ2) is 4.82. The van der Waals surface area contributed by atoms with Crippen LogP contribution in [0, 0.1) is 0 Å². The number of nitrogens with zero attached hydrogens (tertiary/aromatic N) is 1. The lowest BCUT2D eigenvalue weighted by molar-refractivity contribution is -0.139. The monoisotopic (exact) mass is 253 g/mol. The minimum absolute atomic E-state index is 0.0600. The molecule has 1 spiro atoms. The van der Waals surface area contributed by atoms with Gasteiger partial charge in [0, 0.05) is 25.9 Å². The van der Waals surface area contributed by atoms with Gasteiger partial charge in [-0.25, -0.2) is 0 Å². The molecule has 4 heteroatoms. The summed E-state index contributed by atoms with van der Waals surface area (Å²) in [6.07, 6.45) is 6.28. The van der Waals surface area contributed by atoms with Gasteiger partial charge in [0.25, 0.3) is 0 Å². The van der Waals surface area contributed by atoms with E-state index in [0.29, 0.717) is 6.42 Å². The van der Waals surface area contributed by atoms with Crippen molar-refractivity contribution < 1.29 is 14.3 Å². The summed E-state index contributed by atoms with van der Waals surface area (Å²) >= 11 is 0. The zero-order valence-corrected chi connectivity index (χ0v) is 11.2. The first-order valence-electron chi connectivity index (χ1n) is 7.24. The predicted molar refractivity (Wildman–Crippen MR) is 67.3 cm³/mol. The SMILES string of the molecule is C[C@@H]1C[C@]2(CO2)C[C@@H](CC(=O)N2CCCCC2)O1. The Morgan fingerprint density at radius 2 is 2.00 bits per heavy atom. The van der Waals surface area contributed by atoms with Crippen molar-refractivity contribution in [1.82, 2.24) is 4.90 Å². The Balaban J connectivity index is 1.53. The number of epoxide rings is 1. The number of carbonyl (C=O) groups excluding carboxylic acids is 1. The molecule has 4 nitrogen and oxygen atoms in total. The molecule has 3 atom stereocenters. The fraction of sp³-hybridized carbons (Fsp3) is 0.929. The second-order valence-corrected chi connectivity index (χ2v) is 6.09. The highest BCUT2D eigenvalue weighted by molar-refractivity contribution is 5.76. The third kappa shape index (κ3) is 2.69. The van der Waals surface area contributed by atoms with Crippen LogP contribution >= 0.6 is 0 Å². The molecule has 0 radical (unpaired) electrons. The number of rotatable bonds is 2. The number of hydrogen-bond acceptors (Lipinski definition) is 3. The molecule has 3 saturated heterocycles. The van der Waals surface area contributed by atoms with Gasteiger partial charge in [-0.15, -0.1) is 0 Å². The number of amides is 1. The summed E-state index contributed by atoms with van der Waals surface area (Å²) in [7, 11) is 0. The topological polar surface area (TPSA) is 42.1 Å². The number of piperidine rings is 1. The first-order chi connectivity index (χ1) is 8.67. The molecule has 0 aromatic carbocycles. The highest BCUT2D eigenvalue weighted by Crippen LogP contribution is 2.42. The molecule has 0 bridgehead atoms. The van der Waals surface area contributed by atoms with Gasteiger partial charge >= 0.3 is 0 Å². The van der Waals surface area contributed by atoms with Gasteiger partial charge in [-0.1, -0.05) is 0 Å². The number of ether oxygens (including phenoxy) is 2. The van der Waals surface area contributed by atoms with Crippen LogP contribution < -0.4 is 0 Å². The summed E-state index contributed by atoms with van der Waals surface area (Å²) in [6, 6.07) is 0. The Bertz CT molecular complexity index is 321. The van der Waals surface area contributed by atoms with Crippen LogP contribution in [0.15, 0.2) is 0 Å². The number of hydrogen-bond donors (Lipinski definition) is 0. The standard InChI is InChI=1S/C14H23NO3/c1-11-8-14(10-17-14)9-12(18-11)7-13(16)15-5-3-2-4-6-15/h11-12H,2-10H2,1H3/t11-,12-,14-/m1/s1. The zero-order chi connectivity index (χ0) is 12.6. The van der Waals surface area contributed by atoms with E-state index in [2.05, 4.69) is 6.92 Å². The van der Waals surface area contributed by atoms with Crippen molar-refractivity contribution in [3.8, 4) is 0 Å². The van der Waals surface area contributed by atoms with Crippen LogP contribution in [-0.2, 0) is 14.3 Å². The molecular formula is C14H23NO3. The van der Waals surface area contributed by atoms with E-state index in [-0.39, 0.29) is 23.7 Å². The maximum absolute atomic E-state index is 12.2. The van der Waals surface area contributed by atoms with Crippen molar-refractivity contribution in [3.05, 3.63) is 0 Å². The van der Waals surface area contributed by atoms with E-state index >= 15 is 0 Å². The smallest absolute Gasteiger partial charge is 0.225 e. The fourth-order valence-corrected chi connectivity index (χ4v) is 3.37. The summed E-state index contributed by atoms with van der Waals surface area (Å²) in [6.45, 7) is 4.81. The Morgan fingerprint density at radius 1 is 1.28 bits per heavy atom. The maximum Gasteiger partial charge on any atom is 0.225 e. The van der Waals surface area contributed by atoms with E-state index < -0.39 is 0 Å². The average molecular weight is 253 g/mol. The molecule has 0 unspecified atom stereocenters. The molecule has 0 N–H and O–H groups in total. The molecule has 0 aromatic rings. The van der Waals surface area contributed by atoms with E-state index in [1.165, 1.54) is 6.42 Å². The summed E-state index contributed by atoms with van der Waals surface area (Å²) in [4.78, 5) is 14.2. The highest BCUT2D eigenvalue weighted by Gasteiger charge is 2.51. The van der Waals surface area contributed by atoms with Gasteiger partial charge in [-0.2, -0.15) is 0 Å². The van der Waals surface area contributed by atoms with E-state index in [4.69, 9.17) is 9.47 Å². The third-order valence-electron chi connectivity index (χ3n) is 4.35. The maximum atomic E-state index is 12.2. The molecule has 3 heterocycles. The normalized spacial score (nSPS) is 39.9. The first-order valence-corrected chi connectivity index (χ1v) is 7.24. The van der Waals surface area contributed by atoms with Gasteiger partial charge in [-0.05, 0) is 26.2 Å². The fourth-order valence-electron chi connectivity index (χ4n) is 3.37. The van der Waals surface area contributed by atoms with Crippen molar-refractivity contribution in [3.63, 3.8) is 0 Å². The van der Waals surface area contributed by atoms with Gasteiger partial charge in [0.15, 0.2) is 0 Å². The van der Waals surface area contributed by atoms with Crippen molar-refractivity contribution >= 4 is 5.91 Å². The molecule has 0 saturated carbocycles. The van der Waals surface area contributed by atoms with Crippen LogP contribution in [-0.4, -0.2) is 48.3 Å². The minimum atomic E-state index is 0.0600. The second-order valence-electron chi connectivity index (χ2n) is 6.09. The summed E-state index contributed by atoms with van der Waals surface area (Å²) < 4.78 is 11.5. The first kappa shape index (κ1) is 12.4. The van der Waals surface area contributed by atoms with Gasteiger partial charge in [0.2, 0.25) is 5.91 Å². The van der Waals surface area contributed by atoms with E-state index in [9.17, 15) is 4.79 Å². The van der Waals surface area contributed by atoms with Crippen molar-refractivity contribution in [2.45, 2.75) is 63.3 Å². The highest BCUT2D eigenvalue weighted by atomic mass is 16.6. The minimum Gasteiger partial charge on any atom is -0.375 e. The number of likely N-dealkylation sites (tertiary alicyclic amines) is 1. The summed E-state index contributed by atoms with van der Waals surface area (Å²) in [5.74, 6) is 0.268. The molecule has 18 heavy (non-hydrogen) atoms. The van der Waals surface area contributed by atoms with Gasteiger partial charge < -0.3 is 14.4 Å². The largest absolute Gasteiger partial charge is 0.375 e. The number of carbonyl (C=O) groups is 1. The lowest BCUT2D eigenvalue weighted by Crippen LogP contribution is -2.42. The van der Waals surface area contributed by atoms with E-state index in [1.54, 1.807) is 0 Å². The molecule has 3 aliphatic heterocycles. The van der Waals surface area contributed by atoms with Crippen molar-refractivity contribution in [1.29, 1.82) is 0 Å². The Morgan fingerprint density at radius 3 is 2.67 bits per heavy atom. The summed E-state index contributed by atoms with van der Waals surface area (Å²) in [5.41, 5.74) is 0.0600. The predicted octanol–water partition coefficient (Wildman–Crippen LogP) is 1.73. The quantitative estimate of drug-likeness (QED) is 0.704. The van der Waals surface area contributed by atoms with Crippen LogP contribution in [0.3, 0.4) is 0 Å². The lowest BCUT2D eigenvalue weighted by Gasteiger charge is -2.34. The lowest BCUT2D eigenvalue weighted by atomic mass is 9.91. The van der Waals surface area contributed by atoms with Gasteiger partial charge in [0.05, 0.1) is 30.8 Å². The Kier molecular flexibility index (Phi) is 3.32. The zero-order valence-electron chi connectivity index (χ0n) is 11.2. The molecule has 3 rings (SSSR count). The third-order valence-corrected chi connectivity index (χ3v) is 4.35. The average Bonchev–Trinajstić information content (AvgIpc) is 3.08. The molecule has 102 valence electrons. The van der Waals surface area contributed by atoms with Crippen molar-refractivity contribution in [2.24, 2.45) is 0 Å². The molecule has 3 aliphatic rings. The molecule has 1 amide bonds. The van der Waals surface area contributed by atoms with Gasteiger partial charge in [0.1, 0.15) is 0 Å². The van der Waals surface area contributed by atoms with Gasteiger partial charge in [-0.3, -0.25) is 4.79 Å². The Labute approximate surface area is 109 Å². The molecular weight excluding hydrogens is 230 g/mol. The molecule has 0 aromatic heterocycles. The molecule has 3 fully saturated rings. The van der Waals surface area contributed by atoms with E-state index in [0.717, 1.165) is 45.4 Å². The van der Waals surface area contributed by atoms with E-state index in [1.807, 2.05) is 4.90 Å². The van der Waals surface area contributed by atoms with Crippen LogP contribution in [0.5, 0.6) is 0 Å². The van der Waals surface area contributed by atoms with Crippen molar-refractivity contribution in [2.75, 3.05) is 19.7 Å². The van der Waals surface area contributed by atoms with Crippen LogP contribution in [0.1, 0.15) is 45.4 Å². The summed E-state index contributed by atoms with van der Waals surface area (Å²) in [5, 5.41) is 0. The molecule has 0 aliphatic carbocycles. The van der Waals surface area contributed by atoms with Crippen LogP contribution in [0.25, 0.3) is 0 Å².